The second-order valence-corrected chi connectivity index (χ2v) is 3.42. The van der Waals surface area contributed by atoms with E-state index in [1.807, 2.05) is 6.92 Å². The highest BCUT2D eigenvalue weighted by Gasteiger charge is 2.32. The van der Waals surface area contributed by atoms with Gasteiger partial charge in [0, 0.05) is 18.7 Å². The number of nitrogens with zero attached hydrogens (tertiary/aromatic N) is 2. The zero-order chi connectivity index (χ0) is 12.9. The van der Waals surface area contributed by atoms with E-state index in [9.17, 15) is 13.2 Å². The van der Waals surface area contributed by atoms with Crippen LogP contribution in [0.5, 0.6) is 0 Å². The van der Waals surface area contributed by atoms with Gasteiger partial charge in [-0.2, -0.15) is 13.2 Å². The van der Waals surface area contributed by atoms with Crippen molar-refractivity contribution in [2.45, 2.75) is 32.0 Å². The maximum Gasteiger partial charge on any atom is 0.433 e. The molecule has 1 aromatic heterocycles. The summed E-state index contributed by atoms with van der Waals surface area (Å²) in [5.41, 5.74) is -0.967. The van der Waals surface area contributed by atoms with E-state index in [0.717, 1.165) is 12.3 Å². The Morgan fingerprint density at radius 2 is 2.24 bits per heavy atom. The molecule has 1 N–H and O–H groups in total. The smallest absolute Gasteiger partial charge is 0.351 e. The van der Waals surface area contributed by atoms with E-state index in [1.54, 1.807) is 0 Å². The maximum absolute atomic E-state index is 12.4. The van der Waals surface area contributed by atoms with Crippen molar-refractivity contribution in [3.63, 3.8) is 0 Å². The first-order valence-corrected chi connectivity index (χ1v) is 5.07. The Hall–Kier alpha value is -1.77. The van der Waals surface area contributed by atoms with E-state index < -0.39 is 11.9 Å². The molecule has 92 valence electrons. The first kappa shape index (κ1) is 13.3. The number of halogens is 3. The van der Waals surface area contributed by atoms with Crippen molar-refractivity contribution in [1.29, 1.82) is 0 Å². The number of alkyl halides is 3. The largest absolute Gasteiger partial charge is 0.433 e. The summed E-state index contributed by atoms with van der Waals surface area (Å²) in [6.45, 7) is 1.88. The molecule has 0 spiro atoms. The molecule has 17 heavy (non-hydrogen) atoms. The van der Waals surface area contributed by atoms with Crippen LogP contribution in [0.1, 0.15) is 25.5 Å². The molecule has 0 saturated carbocycles. The number of aromatic nitrogens is 2. The summed E-state index contributed by atoms with van der Waals surface area (Å²) in [6.07, 6.45) is 2.85. The number of terminal acetylenes is 1. The van der Waals surface area contributed by atoms with Crippen LogP contribution in [0.3, 0.4) is 0 Å². The Morgan fingerprint density at radius 1 is 1.53 bits per heavy atom. The fourth-order valence-electron chi connectivity index (χ4n) is 1.21. The molecule has 0 aliphatic heterocycles. The highest BCUT2D eigenvalue weighted by Crippen LogP contribution is 2.27. The predicted molar refractivity (Wildman–Crippen MR) is 58.2 cm³/mol. The van der Waals surface area contributed by atoms with Gasteiger partial charge in [0.25, 0.3) is 0 Å². The molecule has 3 nitrogen and oxygen atoms in total. The Bertz CT molecular complexity index is 409. The zero-order valence-corrected chi connectivity index (χ0v) is 9.25. The summed E-state index contributed by atoms with van der Waals surface area (Å²) in [7, 11) is 0. The Morgan fingerprint density at radius 3 is 2.76 bits per heavy atom. The molecule has 1 heterocycles. The average Bonchev–Trinajstić information content (AvgIpc) is 2.28. The molecule has 0 aromatic carbocycles. The number of hydrogen-bond acceptors (Lipinski definition) is 3. The van der Waals surface area contributed by atoms with E-state index in [4.69, 9.17) is 6.42 Å². The van der Waals surface area contributed by atoms with Crippen molar-refractivity contribution in [3.8, 4) is 12.3 Å². The van der Waals surface area contributed by atoms with Gasteiger partial charge in [-0.3, -0.25) is 0 Å². The van der Waals surface area contributed by atoms with Crippen molar-refractivity contribution in [1.82, 2.24) is 9.97 Å². The predicted octanol–water partition coefficient (Wildman–Crippen LogP) is 2.71. The molecular weight excluding hydrogens is 231 g/mol. The SMILES string of the molecule is C#CCC(CC)Nc1nccc(C(F)(F)F)n1. The van der Waals surface area contributed by atoms with Crippen molar-refractivity contribution in [2.75, 3.05) is 5.32 Å². The maximum atomic E-state index is 12.4. The molecule has 0 fully saturated rings. The number of anilines is 1. The van der Waals surface area contributed by atoms with Gasteiger partial charge in [-0.1, -0.05) is 6.92 Å². The van der Waals surface area contributed by atoms with Crippen LogP contribution in [0, 0.1) is 12.3 Å². The van der Waals surface area contributed by atoms with Crippen LogP contribution in [-0.2, 0) is 6.18 Å². The normalized spacial score (nSPS) is 12.9. The molecule has 0 amide bonds. The van der Waals surface area contributed by atoms with Crippen LogP contribution in [0.4, 0.5) is 19.1 Å². The third kappa shape index (κ3) is 3.94. The van der Waals surface area contributed by atoms with Gasteiger partial charge >= 0.3 is 6.18 Å². The van der Waals surface area contributed by atoms with Gasteiger partial charge in [-0.05, 0) is 12.5 Å². The van der Waals surface area contributed by atoms with Gasteiger partial charge in [0.2, 0.25) is 5.95 Å². The third-order valence-corrected chi connectivity index (χ3v) is 2.14. The second kappa shape index (κ2) is 5.53. The molecule has 0 bridgehead atoms. The summed E-state index contributed by atoms with van der Waals surface area (Å²) < 4.78 is 37.2. The second-order valence-electron chi connectivity index (χ2n) is 3.42. The highest BCUT2D eigenvalue weighted by molar-refractivity contribution is 5.28. The lowest BCUT2D eigenvalue weighted by molar-refractivity contribution is -0.141. The monoisotopic (exact) mass is 243 g/mol. The third-order valence-electron chi connectivity index (χ3n) is 2.14. The Kier molecular flexibility index (Phi) is 4.32. The summed E-state index contributed by atoms with van der Waals surface area (Å²) in [5.74, 6) is 2.39. The topological polar surface area (TPSA) is 37.8 Å². The van der Waals surface area contributed by atoms with Gasteiger partial charge in [0.15, 0.2) is 0 Å². The minimum absolute atomic E-state index is 0.0538. The van der Waals surface area contributed by atoms with Crippen molar-refractivity contribution in [2.24, 2.45) is 0 Å². The van der Waals surface area contributed by atoms with Crippen LogP contribution >= 0.6 is 0 Å². The molecular formula is C11H12F3N3. The van der Waals surface area contributed by atoms with Crippen molar-refractivity contribution < 1.29 is 13.2 Å². The molecule has 1 unspecified atom stereocenters. The fourth-order valence-corrected chi connectivity index (χ4v) is 1.21. The van der Waals surface area contributed by atoms with Gasteiger partial charge in [0.1, 0.15) is 5.69 Å². The number of rotatable bonds is 4. The Balaban J connectivity index is 2.82. The van der Waals surface area contributed by atoms with E-state index in [2.05, 4.69) is 21.2 Å². The number of hydrogen-bond donors (Lipinski definition) is 1. The molecule has 1 atom stereocenters. The van der Waals surface area contributed by atoms with E-state index in [0.29, 0.717) is 12.8 Å². The van der Waals surface area contributed by atoms with E-state index in [1.165, 1.54) is 0 Å². The molecule has 0 aliphatic carbocycles. The van der Waals surface area contributed by atoms with Crippen LogP contribution < -0.4 is 5.32 Å². The molecule has 0 saturated heterocycles. The lowest BCUT2D eigenvalue weighted by Gasteiger charge is -2.14. The van der Waals surface area contributed by atoms with Gasteiger partial charge in [-0.15, -0.1) is 12.3 Å². The molecule has 6 heteroatoms. The van der Waals surface area contributed by atoms with Crippen molar-refractivity contribution >= 4 is 5.95 Å². The van der Waals surface area contributed by atoms with Crippen LogP contribution in [0.25, 0.3) is 0 Å². The molecule has 0 radical (unpaired) electrons. The Labute approximate surface area is 97.5 Å². The van der Waals surface area contributed by atoms with Gasteiger partial charge in [-0.25, -0.2) is 9.97 Å². The van der Waals surface area contributed by atoms with Gasteiger partial charge < -0.3 is 5.32 Å². The van der Waals surface area contributed by atoms with Crippen LogP contribution in [0.15, 0.2) is 12.3 Å². The van der Waals surface area contributed by atoms with E-state index >= 15 is 0 Å². The average molecular weight is 243 g/mol. The highest BCUT2D eigenvalue weighted by atomic mass is 19.4. The fraction of sp³-hybridized carbons (Fsp3) is 0.455. The first-order chi connectivity index (χ1) is 7.97. The summed E-state index contributed by atoms with van der Waals surface area (Å²) >= 11 is 0. The van der Waals surface area contributed by atoms with E-state index in [-0.39, 0.29) is 12.0 Å². The lowest BCUT2D eigenvalue weighted by atomic mass is 10.2. The lowest BCUT2D eigenvalue weighted by Crippen LogP contribution is -2.20. The summed E-state index contributed by atoms with van der Waals surface area (Å²) in [6, 6.07) is 0.705. The molecule has 0 aliphatic rings. The zero-order valence-electron chi connectivity index (χ0n) is 9.25. The summed E-state index contributed by atoms with van der Waals surface area (Å²) in [5, 5.41) is 2.78. The minimum atomic E-state index is -4.47. The number of nitrogens with one attached hydrogen (secondary N) is 1. The van der Waals surface area contributed by atoms with Crippen LogP contribution in [-0.4, -0.2) is 16.0 Å². The standard InChI is InChI=1S/C11H12F3N3/c1-3-5-8(4-2)16-10-15-7-6-9(17-10)11(12,13)14/h1,6-8H,4-5H2,2H3,(H,15,16,17). The molecule has 1 aromatic rings. The van der Waals surface area contributed by atoms with Gasteiger partial charge in [0.05, 0.1) is 0 Å². The minimum Gasteiger partial charge on any atom is -0.351 e. The van der Waals surface area contributed by atoms with Crippen LogP contribution in [0.2, 0.25) is 0 Å². The quantitative estimate of drug-likeness (QED) is 0.826. The summed E-state index contributed by atoms with van der Waals surface area (Å²) in [4.78, 5) is 7.13. The van der Waals surface area contributed by atoms with Crippen molar-refractivity contribution in [3.05, 3.63) is 18.0 Å². The molecule has 1 rings (SSSR count). The first-order valence-electron chi connectivity index (χ1n) is 5.07.